The molecule has 1 amide bonds. The molecule has 0 aromatic carbocycles. The number of imidazole rings is 1. The minimum Gasteiger partial charge on any atom is -0.343 e. The number of aromatic nitrogens is 6. The number of rotatable bonds is 5. The molecule has 2 N–H and O–H groups in total. The van der Waals surface area contributed by atoms with Crippen LogP contribution in [0.1, 0.15) is 54.9 Å². The number of nitrogens with zero attached hydrogens (tertiary/aromatic N) is 6. The van der Waals surface area contributed by atoms with Gasteiger partial charge in [0.1, 0.15) is 17.0 Å². The van der Waals surface area contributed by atoms with Crippen molar-refractivity contribution in [1.82, 2.24) is 34.8 Å². The summed E-state index contributed by atoms with van der Waals surface area (Å²) in [5, 5.41) is 6.90. The summed E-state index contributed by atoms with van der Waals surface area (Å²) >= 11 is 1.46. The maximum Gasteiger partial charge on any atom is 0.270 e. The van der Waals surface area contributed by atoms with Gasteiger partial charge in [-0.1, -0.05) is 32.1 Å². The minimum atomic E-state index is -0.246. The van der Waals surface area contributed by atoms with Crippen LogP contribution in [0.15, 0.2) is 37.2 Å². The highest BCUT2D eigenvalue weighted by atomic mass is 32.1. The quantitative estimate of drug-likeness (QED) is 0.490. The van der Waals surface area contributed by atoms with Gasteiger partial charge >= 0.3 is 0 Å². The van der Waals surface area contributed by atoms with Gasteiger partial charge < -0.3 is 15.2 Å². The van der Waals surface area contributed by atoms with E-state index >= 15 is 0 Å². The molecule has 0 aliphatic heterocycles. The number of anilines is 2. The van der Waals surface area contributed by atoms with Crippen LogP contribution < -0.4 is 10.6 Å². The Hall–Kier alpha value is -3.40. The molecule has 0 aliphatic rings. The number of aryl methyl sites for hydroxylation is 1. The first-order valence-electron chi connectivity index (χ1n) is 9.84. The second-order valence-corrected chi connectivity index (χ2v) is 9.41. The van der Waals surface area contributed by atoms with Crippen LogP contribution in [-0.2, 0) is 12.5 Å². The van der Waals surface area contributed by atoms with Gasteiger partial charge in [-0.3, -0.25) is 4.79 Å². The molecular formula is C21H24N8OS. The Morgan fingerprint density at radius 2 is 1.81 bits per heavy atom. The lowest BCUT2D eigenvalue weighted by Crippen LogP contribution is -2.26. The molecule has 4 aromatic rings. The molecule has 4 rings (SSSR count). The fourth-order valence-corrected chi connectivity index (χ4v) is 3.78. The number of pyridine rings is 1. The summed E-state index contributed by atoms with van der Waals surface area (Å²) in [6, 6.07) is 1.52. The zero-order valence-corrected chi connectivity index (χ0v) is 18.9. The van der Waals surface area contributed by atoms with Crippen molar-refractivity contribution in [1.29, 1.82) is 0 Å². The molecule has 10 heteroatoms. The number of hydrogen-bond acceptors (Lipinski definition) is 8. The number of carbonyl (C=O) groups excluding carboxylic acids is 1. The summed E-state index contributed by atoms with van der Waals surface area (Å²) < 4.78 is 1.86. The smallest absolute Gasteiger partial charge is 0.270 e. The van der Waals surface area contributed by atoms with Crippen molar-refractivity contribution in [2.45, 2.75) is 39.2 Å². The number of amides is 1. The number of fused-ring (bicyclic) bond motifs is 1. The normalized spacial score (nSPS) is 12.7. The summed E-state index contributed by atoms with van der Waals surface area (Å²) in [5.74, 6) is 0.539. The van der Waals surface area contributed by atoms with Crippen molar-refractivity contribution in [3.05, 3.63) is 53.6 Å². The van der Waals surface area contributed by atoms with E-state index in [1.165, 1.54) is 11.3 Å². The SMILES string of the molecule is CC(NC(=O)c1cc2c(cn1)ncn2C)c1cnc(Nc2cnc(C(C)(C)C)nc2)s1. The van der Waals surface area contributed by atoms with Gasteiger partial charge in [-0.25, -0.2) is 24.9 Å². The van der Waals surface area contributed by atoms with Gasteiger partial charge in [0.05, 0.1) is 42.2 Å². The Morgan fingerprint density at radius 1 is 1.06 bits per heavy atom. The van der Waals surface area contributed by atoms with Gasteiger partial charge in [0.25, 0.3) is 5.91 Å². The van der Waals surface area contributed by atoms with E-state index in [2.05, 4.69) is 56.3 Å². The van der Waals surface area contributed by atoms with Crippen LogP contribution in [0.4, 0.5) is 10.8 Å². The maximum atomic E-state index is 12.7. The average molecular weight is 437 g/mol. The molecule has 0 aliphatic carbocycles. The van der Waals surface area contributed by atoms with Crippen LogP contribution >= 0.6 is 11.3 Å². The van der Waals surface area contributed by atoms with Crippen LogP contribution in [0.3, 0.4) is 0 Å². The van der Waals surface area contributed by atoms with Crippen LogP contribution in [-0.4, -0.2) is 35.4 Å². The Bertz CT molecular complexity index is 1220. The second-order valence-electron chi connectivity index (χ2n) is 8.35. The lowest BCUT2D eigenvalue weighted by atomic mass is 9.96. The summed E-state index contributed by atoms with van der Waals surface area (Å²) in [7, 11) is 1.88. The van der Waals surface area contributed by atoms with Crippen LogP contribution in [0.5, 0.6) is 0 Å². The van der Waals surface area contributed by atoms with E-state index < -0.39 is 0 Å². The van der Waals surface area contributed by atoms with Gasteiger partial charge in [-0.2, -0.15) is 0 Å². The van der Waals surface area contributed by atoms with E-state index in [9.17, 15) is 4.79 Å². The van der Waals surface area contributed by atoms with Crippen molar-refractivity contribution < 1.29 is 4.79 Å². The zero-order valence-electron chi connectivity index (χ0n) is 18.0. The summed E-state index contributed by atoms with van der Waals surface area (Å²) in [6.07, 6.45) is 8.56. The topological polar surface area (TPSA) is 111 Å². The Labute approximate surface area is 184 Å². The molecule has 160 valence electrons. The van der Waals surface area contributed by atoms with Gasteiger partial charge in [0, 0.05) is 23.5 Å². The molecule has 0 saturated heterocycles. The van der Waals surface area contributed by atoms with E-state index in [-0.39, 0.29) is 17.4 Å². The molecule has 9 nitrogen and oxygen atoms in total. The van der Waals surface area contributed by atoms with E-state index in [0.717, 1.165) is 27.4 Å². The predicted molar refractivity (Wildman–Crippen MR) is 121 cm³/mol. The van der Waals surface area contributed by atoms with E-state index in [1.54, 1.807) is 37.2 Å². The Morgan fingerprint density at radius 3 is 2.52 bits per heavy atom. The predicted octanol–water partition coefficient (Wildman–Crippen LogP) is 3.75. The highest BCUT2D eigenvalue weighted by Gasteiger charge is 2.18. The summed E-state index contributed by atoms with van der Waals surface area (Å²) in [6.45, 7) is 8.13. The second kappa shape index (κ2) is 8.03. The number of nitrogens with one attached hydrogen (secondary N) is 2. The van der Waals surface area contributed by atoms with Crippen LogP contribution in [0, 0.1) is 0 Å². The highest BCUT2D eigenvalue weighted by molar-refractivity contribution is 7.15. The lowest BCUT2D eigenvalue weighted by molar-refractivity contribution is 0.0935. The summed E-state index contributed by atoms with van der Waals surface area (Å²) in [4.78, 5) is 35.3. The van der Waals surface area contributed by atoms with Crippen molar-refractivity contribution in [2.24, 2.45) is 7.05 Å². The largest absolute Gasteiger partial charge is 0.343 e. The first-order valence-corrected chi connectivity index (χ1v) is 10.7. The van der Waals surface area contributed by atoms with E-state index in [4.69, 9.17) is 0 Å². The average Bonchev–Trinajstić information content (AvgIpc) is 3.34. The molecule has 1 unspecified atom stereocenters. The fraction of sp³-hybridized carbons (Fsp3) is 0.333. The maximum absolute atomic E-state index is 12.7. The molecule has 0 spiro atoms. The minimum absolute atomic E-state index is 0.101. The number of hydrogen-bond donors (Lipinski definition) is 2. The lowest BCUT2D eigenvalue weighted by Gasteiger charge is -2.16. The van der Waals surface area contributed by atoms with Gasteiger partial charge in [0.2, 0.25) is 0 Å². The molecule has 4 heterocycles. The molecule has 31 heavy (non-hydrogen) atoms. The van der Waals surface area contributed by atoms with Crippen molar-refractivity contribution in [3.63, 3.8) is 0 Å². The molecule has 4 aromatic heterocycles. The first-order chi connectivity index (χ1) is 14.7. The molecule has 0 radical (unpaired) electrons. The standard InChI is InChI=1S/C21H24N8OS/c1-12(27-18(30)14-6-16-15(9-22-14)26-11-29(16)5)17-10-25-20(31-17)28-13-7-23-19(24-8-13)21(2,3)4/h6-12H,1-5H3,(H,25,28)(H,27,30). The first kappa shape index (κ1) is 20.9. The van der Waals surface area contributed by atoms with E-state index in [1.807, 2.05) is 18.5 Å². The van der Waals surface area contributed by atoms with Crippen molar-refractivity contribution in [2.75, 3.05) is 5.32 Å². The third-order valence-corrected chi connectivity index (χ3v) is 5.81. The van der Waals surface area contributed by atoms with Gasteiger partial charge in [-0.15, -0.1) is 0 Å². The van der Waals surface area contributed by atoms with Crippen LogP contribution in [0.25, 0.3) is 11.0 Å². The highest BCUT2D eigenvalue weighted by Crippen LogP contribution is 2.27. The number of thiazole rings is 1. The Balaban J connectivity index is 1.42. The molecule has 1 atom stereocenters. The fourth-order valence-electron chi connectivity index (χ4n) is 2.94. The third kappa shape index (κ3) is 4.53. The third-order valence-electron chi connectivity index (χ3n) is 4.72. The summed E-state index contributed by atoms with van der Waals surface area (Å²) in [5.41, 5.74) is 2.62. The number of carbonyl (C=O) groups is 1. The molecule has 0 fully saturated rings. The molecule has 0 saturated carbocycles. The van der Waals surface area contributed by atoms with Gasteiger partial charge in [-0.05, 0) is 13.0 Å². The Kier molecular flexibility index (Phi) is 5.40. The van der Waals surface area contributed by atoms with Crippen LogP contribution in [0.2, 0.25) is 0 Å². The van der Waals surface area contributed by atoms with Gasteiger partial charge in [0.15, 0.2) is 5.13 Å². The molecule has 0 bridgehead atoms. The van der Waals surface area contributed by atoms with Crippen molar-refractivity contribution in [3.8, 4) is 0 Å². The monoisotopic (exact) mass is 436 g/mol. The van der Waals surface area contributed by atoms with E-state index in [0.29, 0.717) is 10.8 Å². The molecular weight excluding hydrogens is 412 g/mol. The van der Waals surface area contributed by atoms with Crippen molar-refractivity contribution >= 4 is 39.1 Å². The zero-order chi connectivity index (χ0) is 22.2.